The Morgan fingerprint density at radius 1 is 1.13 bits per heavy atom. The van der Waals surface area contributed by atoms with Crippen LogP contribution in [0.1, 0.15) is 28.3 Å². The predicted octanol–water partition coefficient (Wildman–Crippen LogP) is 3.36. The summed E-state index contributed by atoms with van der Waals surface area (Å²) in [6.07, 6.45) is 0.743. The second kappa shape index (κ2) is 10.5. The maximum Gasteiger partial charge on any atom is 0.253 e. The lowest BCUT2D eigenvalue weighted by atomic mass is 9.88. The molecular weight excluding hydrogens is 404 g/mol. The topological polar surface area (TPSA) is 67.9 Å². The fourth-order valence-electron chi connectivity index (χ4n) is 3.79. The molecule has 0 bridgehead atoms. The molecule has 2 unspecified atom stereocenters. The summed E-state index contributed by atoms with van der Waals surface area (Å²) in [6, 6.07) is 14.6. The smallest absolute Gasteiger partial charge is 0.253 e. The zero-order valence-electron chi connectivity index (χ0n) is 17.3. The number of hydrogen-bond acceptors (Lipinski definition) is 4. The summed E-state index contributed by atoms with van der Waals surface area (Å²) in [4.78, 5) is 27.7. The van der Waals surface area contributed by atoms with Gasteiger partial charge in [-0.1, -0.05) is 29.8 Å². The number of rotatable bonds is 8. The lowest BCUT2D eigenvalue weighted by molar-refractivity contribution is -0.124. The summed E-state index contributed by atoms with van der Waals surface area (Å²) in [5, 5.41) is 3.50. The zero-order valence-corrected chi connectivity index (χ0v) is 18.0. The Morgan fingerprint density at radius 2 is 1.90 bits per heavy atom. The summed E-state index contributed by atoms with van der Waals surface area (Å²) in [5.41, 5.74) is 1.53. The molecule has 1 aliphatic heterocycles. The molecule has 6 nitrogen and oxygen atoms in total. The molecule has 1 saturated heterocycles. The summed E-state index contributed by atoms with van der Waals surface area (Å²) >= 11 is 6.05. The molecular formula is C23H27ClN2O4. The number of hydrogen-bond donors (Lipinski definition) is 1. The second-order valence-corrected chi connectivity index (χ2v) is 7.78. The lowest BCUT2D eigenvalue weighted by Crippen LogP contribution is -2.36. The largest absolute Gasteiger partial charge is 0.497 e. The van der Waals surface area contributed by atoms with Crippen LogP contribution < -0.4 is 10.1 Å². The number of nitrogens with zero attached hydrogens (tertiary/aromatic N) is 1. The Hall–Kier alpha value is -2.57. The van der Waals surface area contributed by atoms with E-state index in [2.05, 4.69) is 5.32 Å². The first-order valence-corrected chi connectivity index (χ1v) is 10.4. The van der Waals surface area contributed by atoms with Crippen molar-refractivity contribution in [1.29, 1.82) is 0 Å². The molecule has 2 aromatic carbocycles. The first-order chi connectivity index (χ1) is 14.5. The number of ether oxygens (including phenoxy) is 2. The fourth-order valence-corrected chi connectivity index (χ4v) is 3.98. The van der Waals surface area contributed by atoms with Crippen molar-refractivity contribution in [1.82, 2.24) is 10.2 Å². The highest BCUT2D eigenvalue weighted by atomic mass is 35.5. The number of halogens is 1. The van der Waals surface area contributed by atoms with Gasteiger partial charge >= 0.3 is 0 Å². The molecule has 2 amide bonds. The minimum Gasteiger partial charge on any atom is -0.497 e. The van der Waals surface area contributed by atoms with Crippen molar-refractivity contribution in [3.8, 4) is 5.75 Å². The maximum atomic E-state index is 13.0. The number of likely N-dealkylation sites (tertiary alicyclic amines) is 1. The van der Waals surface area contributed by atoms with E-state index in [9.17, 15) is 9.59 Å². The highest BCUT2D eigenvalue weighted by Crippen LogP contribution is 2.34. The van der Waals surface area contributed by atoms with Gasteiger partial charge < -0.3 is 19.7 Å². The van der Waals surface area contributed by atoms with Crippen molar-refractivity contribution in [2.45, 2.75) is 12.3 Å². The van der Waals surface area contributed by atoms with E-state index in [0.717, 1.165) is 17.7 Å². The minimum absolute atomic E-state index is 0.0479. The van der Waals surface area contributed by atoms with Crippen LogP contribution in [0, 0.1) is 5.92 Å². The third kappa shape index (κ3) is 5.32. The Bertz CT molecular complexity index is 872. The number of methoxy groups -OCH3 is 2. The van der Waals surface area contributed by atoms with Gasteiger partial charge in [-0.2, -0.15) is 0 Å². The average Bonchev–Trinajstić information content (AvgIpc) is 3.21. The zero-order chi connectivity index (χ0) is 21.5. The Kier molecular flexibility index (Phi) is 7.71. The molecule has 2 atom stereocenters. The van der Waals surface area contributed by atoms with Crippen molar-refractivity contribution in [2.75, 3.05) is 40.5 Å². The molecule has 1 aliphatic rings. The molecule has 0 radical (unpaired) electrons. The number of benzene rings is 2. The van der Waals surface area contributed by atoms with Crippen LogP contribution in [-0.2, 0) is 9.53 Å². The van der Waals surface area contributed by atoms with E-state index in [4.69, 9.17) is 21.1 Å². The molecule has 1 fully saturated rings. The van der Waals surface area contributed by atoms with Crippen LogP contribution in [0.2, 0.25) is 5.02 Å². The van der Waals surface area contributed by atoms with E-state index in [0.29, 0.717) is 36.8 Å². The minimum atomic E-state index is -0.330. The summed E-state index contributed by atoms with van der Waals surface area (Å²) in [6.45, 7) is 1.96. The SMILES string of the molecule is COCCCNC(=O)C1CN(C(=O)c2cccc(Cl)c2)CC1c1ccc(OC)cc1. The molecule has 1 heterocycles. The highest BCUT2D eigenvalue weighted by molar-refractivity contribution is 6.30. The van der Waals surface area contributed by atoms with Crippen LogP contribution in [0.5, 0.6) is 5.75 Å². The molecule has 30 heavy (non-hydrogen) atoms. The molecule has 160 valence electrons. The monoisotopic (exact) mass is 430 g/mol. The van der Waals surface area contributed by atoms with E-state index < -0.39 is 0 Å². The van der Waals surface area contributed by atoms with E-state index in [-0.39, 0.29) is 23.7 Å². The second-order valence-electron chi connectivity index (χ2n) is 7.34. The van der Waals surface area contributed by atoms with Gasteiger partial charge in [0.1, 0.15) is 5.75 Å². The van der Waals surface area contributed by atoms with Gasteiger partial charge in [0, 0.05) is 49.9 Å². The first-order valence-electron chi connectivity index (χ1n) is 9.99. The van der Waals surface area contributed by atoms with Gasteiger partial charge in [-0.25, -0.2) is 0 Å². The van der Waals surface area contributed by atoms with Crippen LogP contribution in [0.3, 0.4) is 0 Å². The van der Waals surface area contributed by atoms with E-state index in [1.54, 1.807) is 43.4 Å². The molecule has 2 aromatic rings. The van der Waals surface area contributed by atoms with Gasteiger partial charge in [0.25, 0.3) is 5.91 Å². The van der Waals surface area contributed by atoms with Gasteiger partial charge in [-0.3, -0.25) is 9.59 Å². The van der Waals surface area contributed by atoms with E-state index in [1.165, 1.54) is 0 Å². The van der Waals surface area contributed by atoms with E-state index in [1.807, 2.05) is 24.3 Å². The molecule has 1 N–H and O–H groups in total. The molecule has 7 heteroatoms. The van der Waals surface area contributed by atoms with Crippen LogP contribution >= 0.6 is 11.6 Å². The van der Waals surface area contributed by atoms with Crippen LogP contribution in [0.4, 0.5) is 0 Å². The molecule has 0 spiro atoms. The fraction of sp³-hybridized carbons (Fsp3) is 0.391. The van der Waals surface area contributed by atoms with Gasteiger partial charge in [0.05, 0.1) is 13.0 Å². The van der Waals surface area contributed by atoms with Gasteiger partial charge in [0.15, 0.2) is 0 Å². The van der Waals surface area contributed by atoms with E-state index >= 15 is 0 Å². The highest BCUT2D eigenvalue weighted by Gasteiger charge is 2.40. The number of carbonyl (C=O) groups excluding carboxylic acids is 2. The van der Waals surface area contributed by atoms with Gasteiger partial charge in [0.2, 0.25) is 5.91 Å². The third-order valence-electron chi connectivity index (χ3n) is 5.38. The number of nitrogens with one attached hydrogen (secondary N) is 1. The average molecular weight is 431 g/mol. The standard InChI is InChI=1S/C23H27ClN2O4/c1-29-12-4-11-25-22(27)21-15-26(23(28)17-5-3-6-18(24)13-17)14-20(21)16-7-9-19(30-2)10-8-16/h3,5-10,13,20-21H,4,11-12,14-15H2,1-2H3,(H,25,27). The predicted molar refractivity (Wildman–Crippen MR) is 116 cm³/mol. The third-order valence-corrected chi connectivity index (χ3v) is 5.62. The van der Waals surface area contributed by atoms with Crippen molar-refractivity contribution in [3.05, 3.63) is 64.7 Å². The van der Waals surface area contributed by atoms with Crippen molar-refractivity contribution >= 4 is 23.4 Å². The number of carbonyl (C=O) groups is 2. The Morgan fingerprint density at radius 3 is 2.57 bits per heavy atom. The van der Waals surface area contributed by atoms with Crippen LogP contribution in [0.25, 0.3) is 0 Å². The molecule has 3 rings (SSSR count). The summed E-state index contributed by atoms with van der Waals surface area (Å²) in [5.74, 6) is 0.161. The van der Waals surface area contributed by atoms with Crippen molar-refractivity contribution < 1.29 is 19.1 Å². The maximum absolute atomic E-state index is 13.0. The molecule has 0 aromatic heterocycles. The lowest BCUT2D eigenvalue weighted by Gasteiger charge is -2.18. The summed E-state index contributed by atoms with van der Waals surface area (Å²) in [7, 11) is 3.25. The van der Waals surface area contributed by atoms with Crippen molar-refractivity contribution in [3.63, 3.8) is 0 Å². The van der Waals surface area contributed by atoms with Crippen LogP contribution in [0.15, 0.2) is 48.5 Å². The number of amides is 2. The molecule has 0 saturated carbocycles. The van der Waals surface area contributed by atoms with Gasteiger partial charge in [-0.05, 0) is 42.3 Å². The van der Waals surface area contributed by atoms with Gasteiger partial charge in [-0.15, -0.1) is 0 Å². The first kappa shape index (κ1) is 22.1. The normalized spacial score (nSPS) is 18.3. The van der Waals surface area contributed by atoms with Crippen molar-refractivity contribution in [2.24, 2.45) is 5.92 Å². The quantitative estimate of drug-likeness (QED) is 0.652. The molecule has 0 aliphatic carbocycles. The van der Waals surface area contributed by atoms with Crippen LogP contribution in [-0.4, -0.2) is 57.2 Å². The Labute approximate surface area is 182 Å². The summed E-state index contributed by atoms with van der Waals surface area (Å²) < 4.78 is 10.3. The Balaban J connectivity index is 1.79.